The third-order valence-corrected chi connectivity index (χ3v) is 10.5. The van der Waals surface area contributed by atoms with E-state index >= 15 is 0 Å². The third kappa shape index (κ3) is 6.72. The molecule has 32 heavy (non-hydrogen) atoms. The van der Waals surface area contributed by atoms with Crippen molar-refractivity contribution in [3.63, 3.8) is 0 Å². The van der Waals surface area contributed by atoms with E-state index in [9.17, 15) is 0 Å². The summed E-state index contributed by atoms with van der Waals surface area (Å²) in [6, 6.07) is 0.966. The average molecular weight is 446 g/mol. The van der Waals surface area contributed by atoms with Crippen LogP contribution in [0.25, 0.3) is 0 Å². The summed E-state index contributed by atoms with van der Waals surface area (Å²) in [5.41, 5.74) is 0.812. The zero-order chi connectivity index (χ0) is 22.4. The van der Waals surface area contributed by atoms with Gasteiger partial charge in [-0.3, -0.25) is 0 Å². The van der Waals surface area contributed by atoms with Gasteiger partial charge in [0.2, 0.25) is 0 Å². The maximum atomic E-state index is 2.57. The Kier molecular flexibility index (Phi) is 9.39. The molecule has 0 bridgehead atoms. The van der Waals surface area contributed by atoms with Crippen molar-refractivity contribution in [2.24, 2.45) is 23.2 Å². The van der Waals surface area contributed by atoms with E-state index in [1.54, 1.807) is 0 Å². The summed E-state index contributed by atoms with van der Waals surface area (Å²) >= 11 is 0. The van der Waals surface area contributed by atoms with Gasteiger partial charge in [0, 0.05) is 12.6 Å². The summed E-state index contributed by atoms with van der Waals surface area (Å²) < 4.78 is 0. The van der Waals surface area contributed by atoms with Crippen LogP contribution in [0.15, 0.2) is 0 Å². The molecule has 3 nitrogen and oxygen atoms in total. The minimum atomic E-state index is 0.812. The number of hydrogen-bond acceptors (Lipinski definition) is 3. The molecule has 6 aliphatic rings. The van der Waals surface area contributed by atoms with Gasteiger partial charge in [-0.15, -0.1) is 0 Å². The first kappa shape index (κ1) is 25.0. The number of nitrogens with zero attached hydrogens (tertiary/aromatic N) is 3. The van der Waals surface area contributed by atoms with Gasteiger partial charge in [0.05, 0.1) is 0 Å². The van der Waals surface area contributed by atoms with Crippen molar-refractivity contribution in [1.29, 1.82) is 0 Å². The number of hydrogen-bond donors (Lipinski definition) is 0. The van der Waals surface area contributed by atoms with Crippen molar-refractivity contribution < 1.29 is 0 Å². The highest BCUT2D eigenvalue weighted by molar-refractivity contribution is 4.89. The molecule has 0 N–H and O–H groups in total. The molecule has 4 unspecified atom stereocenters. The molecule has 0 radical (unpaired) electrons. The summed E-state index contributed by atoms with van der Waals surface area (Å²) in [6.07, 6.45) is 23.9. The molecule has 3 aliphatic carbocycles. The lowest BCUT2D eigenvalue weighted by Crippen LogP contribution is -2.39. The van der Waals surface area contributed by atoms with Crippen LogP contribution >= 0.6 is 0 Å². The summed E-state index contributed by atoms with van der Waals surface area (Å²) in [5, 5.41) is 0. The van der Waals surface area contributed by atoms with Gasteiger partial charge in [0.15, 0.2) is 0 Å². The fraction of sp³-hybridized carbons (Fsp3) is 1.00. The lowest BCUT2D eigenvalue weighted by atomic mass is 9.75. The minimum absolute atomic E-state index is 0.812. The molecule has 0 aromatic carbocycles. The Morgan fingerprint density at radius 2 is 1.16 bits per heavy atom. The molecular weight excluding hydrogens is 390 g/mol. The molecular formula is C29H55N3. The number of fused-ring (bicyclic) bond motifs is 2. The van der Waals surface area contributed by atoms with E-state index < -0.39 is 0 Å². The predicted molar refractivity (Wildman–Crippen MR) is 138 cm³/mol. The van der Waals surface area contributed by atoms with E-state index in [1.165, 1.54) is 135 Å². The maximum Gasteiger partial charge on any atom is 0.0120 e. The Hall–Kier alpha value is -0.120. The molecule has 186 valence electrons. The van der Waals surface area contributed by atoms with Gasteiger partial charge in [0.25, 0.3) is 0 Å². The second-order valence-corrected chi connectivity index (χ2v) is 12.7. The highest BCUT2D eigenvalue weighted by Crippen LogP contribution is 2.45. The van der Waals surface area contributed by atoms with Gasteiger partial charge in [0.1, 0.15) is 0 Å². The fourth-order valence-electron chi connectivity index (χ4n) is 8.20. The molecule has 3 heterocycles. The molecule has 0 aromatic heterocycles. The van der Waals surface area contributed by atoms with Crippen molar-refractivity contribution >= 4 is 0 Å². The van der Waals surface area contributed by atoms with Gasteiger partial charge in [-0.25, -0.2) is 0 Å². The van der Waals surface area contributed by atoms with Crippen molar-refractivity contribution in [3.8, 4) is 0 Å². The predicted octanol–water partition coefficient (Wildman–Crippen LogP) is 6.28. The second kappa shape index (κ2) is 12.0. The van der Waals surface area contributed by atoms with Crippen LogP contribution in [-0.2, 0) is 0 Å². The first-order valence-corrected chi connectivity index (χ1v) is 14.6. The van der Waals surface area contributed by atoms with Crippen LogP contribution in [-0.4, -0.2) is 74.6 Å². The minimum Gasteiger partial charge on any atom is -0.306 e. The molecule has 0 amide bonds. The molecule has 3 heteroatoms. The summed E-state index contributed by atoms with van der Waals surface area (Å²) in [7, 11) is 6.81. The van der Waals surface area contributed by atoms with E-state index in [-0.39, 0.29) is 0 Å². The largest absolute Gasteiger partial charge is 0.306 e. The van der Waals surface area contributed by atoms with Crippen LogP contribution in [0.2, 0.25) is 0 Å². The quantitative estimate of drug-likeness (QED) is 0.434. The SMILES string of the molecule is CN1CCC2(CCCC2)CC1.CN1CCC2CCCCC2C1.CN1CCCC2CCCC21. The highest BCUT2D eigenvalue weighted by atomic mass is 15.1. The molecule has 3 saturated heterocycles. The normalized spacial score (nSPS) is 37.6. The smallest absolute Gasteiger partial charge is 0.0120 e. The molecule has 3 saturated carbocycles. The van der Waals surface area contributed by atoms with E-state index in [0.717, 1.165) is 29.2 Å². The van der Waals surface area contributed by atoms with E-state index in [0.29, 0.717) is 0 Å². The summed E-state index contributed by atoms with van der Waals surface area (Å²) in [6.45, 7) is 6.77. The fourth-order valence-corrected chi connectivity index (χ4v) is 8.20. The molecule has 6 rings (SSSR count). The lowest BCUT2D eigenvalue weighted by Gasteiger charge is -2.39. The molecule has 6 fully saturated rings. The summed E-state index contributed by atoms with van der Waals surface area (Å²) in [5.74, 6) is 3.22. The Morgan fingerprint density at radius 1 is 0.500 bits per heavy atom. The zero-order valence-corrected chi connectivity index (χ0v) is 22.0. The van der Waals surface area contributed by atoms with Crippen LogP contribution in [0.3, 0.4) is 0 Å². The van der Waals surface area contributed by atoms with Crippen molar-refractivity contribution in [3.05, 3.63) is 0 Å². The zero-order valence-electron chi connectivity index (χ0n) is 22.0. The maximum absolute atomic E-state index is 2.57. The number of piperidine rings is 3. The first-order chi connectivity index (χ1) is 15.5. The van der Waals surface area contributed by atoms with Crippen LogP contribution in [0.1, 0.15) is 103 Å². The molecule has 4 atom stereocenters. The van der Waals surface area contributed by atoms with Crippen LogP contribution < -0.4 is 0 Å². The van der Waals surface area contributed by atoms with Crippen LogP contribution in [0.5, 0.6) is 0 Å². The van der Waals surface area contributed by atoms with Gasteiger partial charge in [-0.2, -0.15) is 0 Å². The van der Waals surface area contributed by atoms with Crippen molar-refractivity contribution in [2.75, 3.05) is 53.9 Å². The molecule has 0 aromatic rings. The monoisotopic (exact) mass is 445 g/mol. The van der Waals surface area contributed by atoms with Crippen molar-refractivity contribution in [1.82, 2.24) is 14.7 Å². The standard InChI is InChI=1S/2C10H19N.C9H17N/c1-11-8-6-10(7-9-11)4-2-3-5-10;1-11-7-6-9-4-2-3-5-10(9)8-11;1-10-7-3-5-8-4-2-6-9(8)10/h2-9H2,1H3;9-10H,2-8H2,1H3;8-9H,2-7H2,1H3. The number of rotatable bonds is 0. The third-order valence-electron chi connectivity index (χ3n) is 10.5. The van der Waals surface area contributed by atoms with Gasteiger partial charge in [-0.1, -0.05) is 38.5 Å². The first-order valence-electron chi connectivity index (χ1n) is 14.6. The van der Waals surface area contributed by atoms with Crippen LogP contribution in [0.4, 0.5) is 0 Å². The van der Waals surface area contributed by atoms with E-state index in [1.807, 2.05) is 0 Å². The van der Waals surface area contributed by atoms with Crippen molar-refractivity contribution in [2.45, 2.75) is 109 Å². The second-order valence-electron chi connectivity index (χ2n) is 12.7. The molecule has 3 aliphatic heterocycles. The Morgan fingerprint density at radius 3 is 1.88 bits per heavy atom. The topological polar surface area (TPSA) is 9.72 Å². The Labute approximate surface area is 200 Å². The summed E-state index contributed by atoms with van der Waals surface area (Å²) in [4.78, 5) is 7.55. The van der Waals surface area contributed by atoms with E-state index in [2.05, 4.69) is 35.8 Å². The molecule has 1 spiro atoms. The van der Waals surface area contributed by atoms with Gasteiger partial charge >= 0.3 is 0 Å². The Bertz CT molecular complexity index is 533. The number of likely N-dealkylation sites (tertiary alicyclic amines) is 3. The van der Waals surface area contributed by atoms with Gasteiger partial charge in [-0.05, 0) is 135 Å². The van der Waals surface area contributed by atoms with Gasteiger partial charge < -0.3 is 14.7 Å². The average Bonchev–Trinajstić information content (AvgIpc) is 3.48. The Balaban J connectivity index is 0.000000115. The van der Waals surface area contributed by atoms with Crippen LogP contribution in [0, 0.1) is 23.2 Å². The highest BCUT2D eigenvalue weighted by Gasteiger charge is 2.36. The lowest BCUT2D eigenvalue weighted by molar-refractivity contribution is 0.105. The van der Waals surface area contributed by atoms with E-state index in [4.69, 9.17) is 0 Å².